The second-order valence-electron chi connectivity index (χ2n) is 5.31. The van der Waals surface area contributed by atoms with Crippen LogP contribution >= 0.6 is 11.3 Å². The Morgan fingerprint density at radius 2 is 2.00 bits per heavy atom. The maximum atomic E-state index is 12.5. The molecule has 0 bridgehead atoms. The zero-order valence-corrected chi connectivity index (χ0v) is 12.1. The van der Waals surface area contributed by atoms with E-state index in [-0.39, 0.29) is 11.3 Å². The summed E-state index contributed by atoms with van der Waals surface area (Å²) in [5.74, 6) is 0.161. The summed E-state index contributed by atoms with van der Waals surface area (Å²) in [6, 6.07) is 14.3. The molecule has 2 N–H and O–H groups in total. The lowest BCUT2D eigenvalue weighted by molar-refractivity contribution is -0.134. The standard InChI is InChI=1S/C16H18N2OS/c19-15(18-10-14-7-4-8-20-14)16(11-17-12-16)9-13-5-2-1-3-6-13/h1-8,17H,9-12H2,(H,18,19). The van der Waals surface area contributed by atoms with Gasteiger partial charge in [0.2, 0.25) is 5.91 Å². The van der Waals surface area contributed by atoms with Crippen LogP contribution in [0.25, 0.3) is 0 Å². The molecule has 0 unspecified atom stereocenters. The third kappa shape index (κ3) is 2.76. The van der Waals surface area contributed by atoms with Gasteiger partial charge in [0.25, 0.3) is 0 Å². The van der Waals surface area contributed by atoms with Gasteiger partial charge < -0.3 is 10.6 Å². The summed E-state index contributed by atoms with van der Waals surface area (Å²) in [5, 5.41) is 8.35. The van der Waals surface area contributed by atoms with E-state index in [0.29, 0.717) is 6.54 Å². The number of hydrogen-bond acceptors (Lipinski definition) is 3. The lowest BCUT2D eigenvalue weighted by Gasteiger charge is -2.41. The van der Waals surface area contributed by atoms with Crippen LogP contribution in [0.3, 0.4) is 0 Å². The summed E-state index contributed by atoms with van der Waals surface area (Å²) in [4.78, 5) is 13.7. The van der Waals surface area contributed by atoms with Crippen molar-refractivity contribution in [1.29, 1.82) is 0 Å². The molecule has 104 valence electrons. The van der Waals surface area contributed by atoms with Crippen molar-refractivity contribution in [3.63, 3.8) is 0 Å². The van der Waals surface area contributed by atoms with Gasteiger partial charge in [0.05, 0.1) is 12.0 Å². The lowest BCUT2D eigenvalue weighted by Crippen LogP contribution is -2.62. The number of carbonyl (C=O) groups is 1. The monoisotopic (exact) mass is 286 g/mol. The molecule has 1 saturated heterocycles. The number of hydrogen-bond donors (Lipinski definition) is 2. The summed E-state index contributed by atoms with van der Waals surface area (Å²) < 4.78 is 0. The molecule has 0 radical (unpaired) electrons. The Kier molecular flexibility index (Phi) is 3.85. The van der Waals surface area contributed by atoms with Crippen LogP contribution in [0.1, 0.15) is 10.4 Å². The van der Waals surface area contributed by atoms with E-state index in [0.717, 1.165) is 19.5 Å². The molecule has 1 fully saturated rings. The van der Waals surface area contributed by atoms with Gasteiger partial charge in [-0.1, -0.05) is 36.4 Å². The number of amides is 1. The second kappa shape index (κ2) is 5.77. The number of benzene rings is 1. The van der Waals surface area contributed by atoms with Crippen LogP contribution in [-0.4, -0.2) is 19.0 Å². The summed E-state index contributed by atoms with van der Waals surface area (Å²) in [7, 11) is 0. The van der Waals surface area contributed by atoms with E-state index in [9.17, 15) is 4.79 Å². The topological polar surface area (TPSA) is 41.1 Å². The largest absolute Gasteiger partial charge is 0.351 e. The molecule has 2 aromatic rings. The first-order valence-corrected chi connectivity index (χ1v) is 7.72. The van der Waals surface area contributed by atoms with E-state index in [1.54, 1.807) is 11.3 Å². The molecule has 0 saturated carbocycles. The average molecular weight is 286 g/mol. The Balaban J connectivity index is 1.64. The van der Waals surface area contributed by atoms with Crippen LogP contribution in [-0.2, 0) is 17.8 Å². The van der Waals surface area contributed by atoms with Crippen molar-refractivity contribution in [2.45, 2.75) is 13.0 Å². The fourth-order valence-corrected chi connectivity index (χ4v) is 3.19. The van der Waals surface area contributed by atoms with Gasteiger partial charge in [0.15, 0.2) is 0 Å². The van der Waals surface area contributed by atoms with E-state index in [2.05, 4.69) is 22.8 Å². The molecule has 0 atom stereocenters. The molecule has 1 aromatic heterocycles. The van der Waals surface area contributed by atoms with Crippen LogP contribution in [0.15, 0.2) is 47.8 Å². The summed E-state index contributed by atoms with van der Waals surface area (Å²) in [6.07, 6.45) is 0.803. The van der Waals surface area contributed by atoms with Gasteiger partial charge >= 0.3 is 0 Å². The molecule has 1 aliphatic rings. The van der Waals surface area contributed by atoms with Crippen LogP contribution in [0.4, 0.5) is 0 Å². The maximum absolute atomic E-state index is 12.5. The quantitative estimate of drug-likeness (QED) is 0.884. The van der Waals surface area contributed by atoms with Gasteiger partial charge in [0, 0.05) is 18.0 Å². The van der Waals surface area contributed by atoms with Crippen molar-refractivity contribution in [2.24, 2.45) is 5.41 Å². The third-order valence-corrected chi connectivity index (χ3v) is 4.67. The van der Waals surface area contributed by atoms with Crippen molar-refractivity contribution in [2.75, 3.05) is 13.1 Å². The molecule has 0 aliphatic carbocycles. The number of carbonyl (C=O) groups excluding carboxylic acids is 1. The zero-order valence-electron chi connectivity index (χ0n) is 11.3. The Morgan fingerprint density at radius 1 is 1.20 bits per heavy atom. The number of nitrogens with one attached hydrogen (secondary N) is 2. The molecule has 1 aliphatic heterocycles. The lowest BCUT2D eigenvalue weighted by atomic mass is 9.75. The van der Waals surface area contributed by atoms with E-state index in [1.165, 1.54) is 10.4 Å². The fourth-order valence-electron chi connectivity index (χ4n) is 2.55. The van der Waals surface area contributed by atoms with Crippen molar-refractivity contribution >= 4 is 17.2 Å². The van der Waals surface area contributed by atoms with Gasteiger partial charge in [-0.3, -0.25) is 4.79 Å². The highest BCUT2D eigenvalue weighted by Crippen LogP contribution is 2.28. The molecule has 1 amide bonds. The van der Waals surface area contributed by atoms with E-state index < -0.39 is 0 Å². The first kappa shape index (κ1) is 13.3. The molecule has 3 rings (SSSR count). The van der Waals surface area contributed by atoms with Crippen LogP contribution in [0, 0.1) is 5.41 Å². The molecule has 0 spiro atoms. The predicted octanol–water partition coefficient (Wildman–Crippen LogP) is 2.20. The highest BCUT2D eigenvalue weighted by atomic mass is 32.1. The summed E-state index contributed by atoms with van der Waals surface area (Å²) in [5.41, 5.74) is 0.943. The first-order chi connectivity index (χ1) is 9.78. The highest BCUT2D eigenvalue weighted by Gasteiger charge is 2.43. The smallest absolute Gasteiger partial charge is 0.229 e. The average Bonchev–Trinajstić information content (AvgIpc) is 2.94. The minimum Gasteiger partial charge on any atom is -0.351 e. The normalized spacial score (nSPS) is 16.4. The van der Waals surface area contributed by atoms with Gasteiger partial charge in [-0.05, 0) is 23.4 Å². The molecule has 2 heterocycles. The molecule has 3 nitrogen and oxygen atoms in total. The molecular weight excluding hydrogens is 268 g/mol. The number of rotatable bonds is 5. The highest BCUT2D eigenvalue weighted by molar-refractivity contribution is 7.09. The Hall–Kier alpha value is -1.65. The molecule has 4 heteroatoms. The zero-order chi connectivity index (χ0) is 13.8. The van der Waals surface area contributed by atoms with Crippen LogP contribution in [0.5, 0.6) is 0 Å². The van der Waals surface area contributed by atoms with Crippen molar-refractivity contribution in [1.82, 2.24) is 10.6 Å². The SMILES string of the molecule is O=C(NCc1cccs1)C1(Cc2ccccc2)CNC1. The summed E-state index contributed by atoms with van der Waals surface area (Å²) >= 11 is 1.67. The van der Waals surface area contributed by atoms with Gasteiger partial charge in [-0.2, -0.15) is 0 Å². The Morgan fingerprint density at radius 3 is 2.60 bits per heavy atom. The van der Waals surface area contributed by atoms with Crippen molar-refractivity contribution < 1.29 is 4.79 Å². The number of thiophene rings is 1. The van der Waals surface area contributed by atoms with Gasteiger partial charge in [-0.15, -0.1) is 11.3 Å². The maximum Gasteiger partial charge on any atom is 0.229 e. The fraction of sp³-hybridized carbons (Fsp3) is 0.312. The predicted molar refractivity (Wildman–Crippen MR) is 81.6 cm³/mol. The van der Waals surface area contributed by atoms with Crippen LogP contribution < -0.4 is 10.6 Å². The molecular formula is C16H18N2OS. The molecule has 1 aromatic carbocycles. The second-order valence-corrected chi connectivity index (χ2v) is 6.34. The Bertz CT molecular complexity index is 561. The van der Waals surface area contributed by atoms with Gasteiger partial charge in [-0.25, -0.2) is 0 Å². The van der Waals surface area contributed by atoms with E-state index in [1.807, 2.05) is 35.7 Å². The molecule has 20 heavy (non-hydrogen) atoms. The van der Waals surface area contributed by atoms with E-state index in [4.69, 9.17) is 0 Å². The van der Waals surface area contributed by atoms with E-state index >= 15 is 0 Å². The third-order valence-electron chi connectivity index (χ3n) is 3.80. The Labute approximate surface area is 123 Å². The summed E-state index contributed by atoms with van der Waals surface area (Å²) in [6.45, 7) is 2.16. The van der Waals surface area contributed by atoms with Crippen molar-refractivity contribution in [3.05, 3.63) is 58.3 Å². The van der Waals surface area contributed by atoms with Crippen LogP contribution in [0.2, 0.25) is 0 Å². The first-order valence-electron chi connectivity index (χ1n) is 6.84. The minimum atomic E-state index is -0.279. The van der Waals surface area contributed by atoms with Crippen molar-refractivity contribution in [3.8, 4) is 0 Å². The van der Waals surface area contributed by atoms with Gasteiger partial charge in [0.1, 0.15) is 0 Å². The minimum absolute atomic E-state index is 0.161.